The van der Waals surface area contributed by atoms with Crippen molar-refractivity contribution in [2.24, 2.45) is 0 Å². The highest BCUT2D eigenvalue weighted by Gasteiger charge is 2.46. The average molecular weight is 552 g/mol. The third-order valence-electron chi connectivity index (χ3n) is 8.13. The maximum absolute atomic E-state index is 13.9. The van der Waals surface area contributed by atoms with Gasteiger partial charge in [-0.1, -0.05) is 49.4 Å². The van der Waals surface area contributed by atoms with E-state index in [2.05, 4.69) is 19.1 Å². The van der Waals surface area contributed by atoms with E-state index < -0.39 is 6.04 Å². The molecule has 4 aromatic rings. The van der Waals surface area contributed by atoms with Crippen LogP contribution in [0.4, 0.5) is 5.69 Å². The maximum Gasteiger partial charge on any atom is 0.257 e. The van der Waals surface area contributed by atoms with Gasteiger partial charge < -0.3 is 4.90 Å². The molecule has 6 nitrogen and oxygen atoms in total. The van der Waals surface area contributed by atoms with Gasteiger partial charge in [0.15, 0.2) is 0 Å². The number of anilines is 1. The van der Waals surface area contributed by atoms with Crippen molar-refractivity contribution in [1.29, 1.82) is 0 Å². The zero-order chi connectivity index (χ0) is 27.8. The molecule has 3 amide bonds. The summed E-state index contributed by atoms with van der Waals surface area (Å²) < 4.78 is 1.13. The van der Waals surface area contributed by atoms with Gasteiger partial charge in [-0.3, -0.25) is 14.4 Å². The van der Waals surface area contributed by atoms with Crippen molar-refractivity contribution in [2.45, 2.75) is 70.9 Å². The van der Waals surface area contributed by atoms with Gasteiger partial charge in [-0.2, -0.15) is 0 Å². The van der Waals surface area contributed by atoms with Crippen LogP contribution in [0.3, 0.4) is 0 Å². The van der Waals surface area contributed by atoms with Crippen molar-refractivity contribution in [3.05, 3.63) is 83.4 Å². The van der Waals surface area contributed by atoms with Crippen LogP contribution in [0.2, 0.25) is 0 Å². The number of hydrogen-bond donors (Lipinski definition) is 0. The summed E-state index contributed by atoms with van der Waals surface area (Å²) in [6, 6.07) is 20.3. The highest BCUT2D eigenvalue weighted by atomic mass is 32.1. The summed E-state index contributed by atoms with van der Waals surface area (Å²) in [5, 5.41) is 0.896. The molecule has 1 unspecified atom stereocenters. The standard InChI is InChI=1S/C33H33N3O3S/c1-21-9-12-24(13-10-21)32(38)35(25-7-5-3-4-6-8-25)28-20-30(37)36(33(28)39)26-16-14-23(15-17-26)31-34-27-18-11-22(2)19-29(27)40-31/h9-19,25,28H,3-8,20H2,1-2H3. The lowest BCUT2D eigenvalue weighted by Crippen LogP contribution is -2.50. The largest absolute Gasteiger partial charge is 0.323 e. The van der Waals surface area contributed by atoms with Crippen LogP contribution in [0.25, 0.3) is 20.8 Å². The Morgan fingerprint density at radius 1 is 0.875 bits per heavy atom. The number of amides is 3. The van der Waals surface area contributed by atoms with Gasteiger partial charge in [-0.25, -0.2) is 9.88 Å². The molecule has 204 valence electrons. The molecule has 0 spiro atoms. The number of imide groups is 1. The number of hydrogen-bond acceptors (Lipinski definition) is 5. The SMILES string of the molecule is Cc1ccc(C(=O)N(C2CCCCCC2)C2CC(=O)N(c3ccc(-c4nc5ccc(C)cc5s4)cc3)C2=O)cc1. The third kappa shape index (κ3) is 5.06. The van der Waals surface area contributed by atoms with Crippen LogP contribution in [0.15, 0.2) is 66.7 Å². The molecular formula is C33H33N3O3S. The van der Waals surface area contributed by atoms with E-state index in [0.717, 1.165) is 64.9 Å². The first-order valence-electron chi connectivity index (χ1n) is 14.1. The highest BCUT2D eigenvalue weighted by Crippen LogP contribution is 2.35. The molecule has 7 heteroatoms. The molecule has 6 rings (SSSR count). The van der Waals surface area contributed by atoms with Crippen LogP contribution in [0.1, 0.15) is 66.4 Å². The lowest BCUT2D eigenvalue weighted by atomic mass is 10.0. The van der Waals surface area contributed by atoms with E-state index in [1.165, 1.54) is 10.5 Å². The van der Waals surface area contributed by atoms with E-state index in [0.29, 0.717) is 11.3 Å². The monoisotopic (exact) mass is 551 g/mol. The fourth-order valence-corrected chi connectivity index (χ4v) is 7.03. The molecule has 1 aliphatic heterocycles. The van der Waals surface area contributed by atoms with Gasteiger partial charge in [0, 0.05) is 17.2 Å². The Morgan fingerprint density at radius 2 is 1.55 bits per heavy atom. The molecule has 0 N–H and O–H groups in total. The second-order valence-electron chi connectivity index (χ2n) is 11.0. The summed E-state index contributed by atoms with van der Waals surface area (Å²) in [7, 11) is 0. The Labute approximate surface area is 238 Å². The minimum atomic E-state index is -0.795. The summed E-state index contributed by atoms with van der Waals surface area (Å²) in [6.07, 6.45) is 6.02. The van der Waals surface area contributed by atoms with Crippen molar-refractivity contribution >= 4 is 45.0 Å². The first kappa shape index (κ1) is 26.4. The number of benzene rings is 3. The van der Waals surface area contributed by atoms with Gasteiger partial charge in [0.2, 0.25) is 5.91 Å². The first-order valence-corrected chi connectivity index (χ1v) is 14.9. The zero-order valence-electron chi connectivity index (χ0n) is 22.9. The summed E-state index contributed by atoms with van der Waals surface area (Å²) in [4.78, 5) is 48.8. The molecule has 0 radical (unpaired) electrons. The quantitative estimate of drug-likeness (QED) is 0.196. The van der Waals surface area contributed by atoms with Crippen LogP contribution in [0.5, 0.6) is 0 Å². The molecule has 1 aromatic heterocycles. The van der Waals surface area contributed by atoms with Gasteiger partial charge >= 0.3 is 0 Å². The van der Waals surface area contributed by atoms with Crippen molar-refractivity contribution in [3.63, 3.8) is 0 Å². The van der Waals surface area contributed by atoms with Gasteiger partial charge in [0.25, 0.3) is 11.8 Å². The summed E-state index contributed by atoms with van der Waals surface area (Å²) >= 11 is 1.62. The summed E-state index contributed by atoms with van der Waals surface area (Å²) in [6.45, 7) is 4.05. The molecule has 1 atom stereocenters. The van der Waals surface area contributed by atoms with Crippen LogP contribution >= 0.6 is 11.3 Å². The maximum atomic E-state index is 13.9. The number of carbonyl (C=O) groups is 3. The lowest BCUT2D eigenvalue weighted by Gasteiger charge is -2.35. The summed E-state index contributed by atoms with van der Waals surface area (Å²) in [5.74, 6) is -0.757. The van der Waals surface area contributed by atoms with Crippen molar-refractivity contribution < 1.29 is 14.4 Å². The molecule has 1 saturated carbocycles. The lowest BCUT2D eigenvalue weighted by molar-refractivity contribution is -0.123. The number of carbonyl (C=O) groups excluding carboxylic acids is 3. The molecule has 2 heterocycles. The van der Waals surface area contributed by atoms with E-state index in [-0.39, 0.29) is 30.2 Å². The smallest absolute Gasteiger partial charge is 0.257 e. The average Bonchev–Trinajstić information content (AvgIpc) is 3.37. The molecule has 1 aliphatic carbocycles. The highest BCUT2D eigenvalue weighted by molar-refractivity contribution is 7.21. The summed E-state index contributed by atoms with van der Waals surface area (Å²) in [5.41, 5.74) is 5.25. The van der Waals surface area contributed by atoms with E-state index in [4.69, 9.17) is 4.98 Å². The topological polar surface area (TPSA) is 70.6 Å². The number of fused-ring (bicyclic) bond motifs is 1. The molecule has 2 aliphatic rings. The molecule has 0 bridgehead atoms. The minimum Gasteiger partial charge on any atom is -0.323 e. The second kappa shape index (κ2) is 11.0. The van der Waals surface area contributed by atoms with E-state index in [1.807, 2.05) is 61.5 Å². The van der Waals surface area contributed by atoms with Crippen molar-refractivity contribution in [2.75, 3.05) is 4.90 Å². The Kier molecular flexibility index (Phi) is 7.24. The third-order valence-corrected chi connectivity index (χ3v) is 9.19. The van der Waals surface area contributed by atoms with E-state index in [1.54, 1.807) is 16.2 Å². The Bertz CT molecular complexity index is 1570. The second-order valence-corrected chi connectivity index (χ2v) is 12.1. The van der Waals surface area contributed by atoms with Crippen LogP contribution in [-0.4, -0.2) is 39.7 Å². The van der Waals surface area contributed by atoms with Crippen LogP contribution < -0.4 is 4.90 Å². The number of aryl methyl sites for hydroxylation is 2. The Balaban J connectivity index is 1.28. The van der Waals surface area contributed by atoms with Gasteiger partial charge in [-0.05, 0) is 80.8 Å². The first-order chi connectivity index (χ1) is 19.4. The minimum absolute atomic E-state index is 0.00586. The zero-order valence-corrected chi connectivity index (χ0v) is 23.7. The molecule has 40 heavy (non-hydrogen) atoms. The predicted molar refractivity (Wildman–Crippen MR) is 160 cm³/mol. The fourth-order valence-electron chi connectivity index (χ4n) is 5.96. The molecular weight excluding hydrogens is 518 g/mol. The van der Waals surface area contributed by atoms with E-state index in [9.17, 15) is 14.4 Å². The number of thiazole rings is 1. The number of rotatable bonds is 5. The fraction of sp³-hybridized carbons (Fsp3) is 0.333. The molecule has 2 fully saturated rings. The van der Waals surface area contributed by atoms with Gasteiger partial charge in [0.1, 0.15) is 11.0 Å². The van der Waals surface area contributed by atoms with Crippen molar-refractivity contribution in [3.8, 4) is 10.6 Å². The van der Waals surface area contributed by atoms with Gasteiger partial charge in [-0.15, -0.1) is 11.3 Å². The number of aromatic nitrogens is 1. The number of nitrogens with zero attached hydrogens (tertiary/aromatic N) is 3. The molecule has 3 aromatic carbocycles. The van der Waals surface area contributed by atoms with Crippen LogP contribution in [-0.2, 0) is 9.59 Å². The Hall–Kier alpha value is -3.84. The van der Waals surface area contributed by atoms with Crippen LogP contribution in [0, 0.1) is 13.8 Å². The molecule has 1 saturated heterocycles. The Morgan fingerprint density at radius 3 is 2.25 bits per heavy atom. The predicted octanol–water partition coefficient (Wildman–Crippen LogP) is 7.08. The van der Waals surface area contributed by atoms with Crippen molar-refractivity contribution in [1.82, 2.24) is 9.88 Å². The van der Waals surface area contributed by atoms with E-state index >= 15 is 0 Å². The van der Waals surface area contributed by atoms with Gasteiger partial charge in [0.05, 0.1) is 22.3 Å². The normalized spacial score (nSPS) is 18.4.